The molecule has 0 fully saturated rings. The SMILES string of the molecule is c1cc(-c2ccncc2)nc(-c2c3ccccc3c(-c3ccc4c5c(cccc35)-c3ccccc3-4)c3ccccc23)c1.c1cc(-c2ccncc2)nc(-c2ccc(-c3cc4c5ccccc5ccc4c4ccccc34)cc2)c1.c1cc(-c2ccncc2)nc(-c2ccc(-c3ccc4c(-c5ccc6ccccc6c5)c5ccccc5c(-c5ccc6ccccc6c5)c4c3)cc2)c1. The lowest BCUT2D eigenvalue weighted by atomic mass is 9.84. The normalized spacial score (nSPS) is 11.5. The zero-order valence-corrected chi connectivity index (χ0v) is 70.7. The van der Waals surface area contributed by atoms with Crippen molar-refractivity contribution in [2.75, 3.05) is 0 Å². The number of nitrogens with zero attached hydrogens (tertiary/aromatic N) is 6. The molecule has 130 heavy (non-hydrogen) atoms. The van der Waals surface area contributed by atoms with Crippen LogP contribution < -0.4 is 0 Å². The number of aromatic nitrogens is 6. The average Bonchev–Trinajstić information content (AvgIpc) is 1.45. The van der Waals surface area contributed by atoms with Crippen molar-refractivity contribution in [3.63, 3.8) is 0 Å². The van der Waals surface area contributed by atoms with Gasteiger partial charge in [0.05, 0.1) is 34.2 Å². The van der Waals surface area contributed by atoms with Crippen molar-refractivity contribution in [1.29, 1.82) is 0 Å². The Bertz CT molecular complexity index is 8690. The molecule has 6 aromatic heterocycles. The summed E-state index contributed by atoms with van der Waals surface area (Å²) in [7, 11) is 0. The average molecular weight is 1650 g/mol. The summed E-state index contributed by atoms with van der Waals surface area (Å²) < 4.78 is 0. The molecule has 19 aromatic carbocycles. The van der Waals surface area contributed by atoms with Crippen molar-refractivity contribution < 1.29 is 0 Å². The molecular weight excluding hydrogens is 1570 g/mol. The van der Waals surface area contributed by atoms with Crippen molar-refractivity contribution >= 4 is 108 Å². The van der Waals surface area contributed by atoms with Gasteiger partial charge >= 0.3 is 0 Å². The highest BCUT2D eigenvalue weighted by atomic mass is 14.7. The van der Waals surface area contributed by atoms with Gasteiger partial charge in [-0.3, -0.25) is 15.0 Å². The van der Waals surface area contributed by atoms with Crippen molar-refractivity contribution in [2.24, 2.45) is 0 Å². The summed E-state index contributed by atoms with van der Waals surface area (Å²) in [6.07, 6.45) is 10.9. The molecule has 0 atom stereocenters. The Hall–Kier alpha value is -17.3. The lowest BCUT2D eigenvalue weighted by molar-refractivity contribution is 1.29. The van der Waals surface area contributed by atoms with Crippen molar-refractivity contribution in [3.05, 3.63) is 474 Å². The van der Waals surface area contributed by atoms with Crippen LogP contribution in [0.5, 0.6) is 0 Å². The molecule has 1 aliphatic rings. The maximum atomic E-state index is 5.19. The third kappa shape index (κ3) is 13.7. The molecule has 6 heterocycles. The standard InChI is InChI=1S/C50H32N2.C40H24N2.C34H22N2/c1-3-10-38-30-41(22-18-33(38)8-1)49-43-12-5-6-13-44(43)50(42-23-19-34-9-2-4-11-39(34)31-42)46-32-40(24-25-45(46)49)35-16-20-36(21-17-35)47-14-7-15-48(52-47)37-26-28-51-29-27-37;1-2-10-27-26(9-1)28-15-7-16-31-35(20-19-34(27)38(28)31)39-29-11-3-5-13-32(29)40(33-14-6-4-12-30(33)39)37-18-8-17-36(42-37)25-21-23-41-24-22-25;1-2-7-27-23(6-1)16-17-30-28-8-3-4-9-29(28)31(22-32(27)30)24-12-14-25(15-13-24)33-10-5-11-34(36-33)26-18-20-35-21-19-26/h1-32H;1-24H;1-22H. The van der Waals surface area contributed by atoms with Crippen LogP contribution in [0.15, 0.2) is 474 Å². The number of fused-ring (bicyclic) bond motifs is 14. The zero-order chi connectivity index (χ0) is 86.0. The van der Waals surface area contributed by atoms with Gasteiger partial charge in [-0.15, -0.1) is 0 Å². The Balaban J connectivity index is 0.000000110. The second kappa shape index (κ2) is 32.7. The minimum atomic E-state index is 0.939. The molecule has 25 aromatic rings. The van der Waals surface area contributed by atoms with Crippen LogP contribution in [0.2, 0.25) is 0 Å². The van der Waals surface area contributed by atoms with Crippen LogP contribution >= 0.6 is 0 Å². The molecule has 1 aliphatic carbocycles. The molecule has 0 bridgehead atoms. The van der Waals surface area contributed by atoms with Gasteiger partial charge in [0.1, 0.15) is 0 Å². The summed E-state index contributed by atoms with van der Waals surface area (Å²) in [6, 6.07) is 157. The summed E-state index contributed by atoms with van der Waals surface area (Å²) in [5, 5.41) is 25.2. The second-order valence-corrected chi connectivity index (χ2v) is 33.4. The molecule has 0 N–H and O–H groups in total. The Labute approximate surface area is 751 Å². The van der Waals surface area contributed by atoms with E-state index in [1.54, 1.807) is 24.8 Å². The number of pyridine rings is 6. The highest BCUT2D eigenvalue weighted by Crippen LogP contribution is 2.53. The first kappa shape index (κ1) is 76.3. The minimum Gasteiger partial charge on any atom is -0.265 e. The van der Waals surface area contributed by atoms with Crippen LogP contribution in [-0.2, 0) is 0 Å². The van der Waals surface area contributed by atoms with Crippen LogP contribution in [0, 0.1) is 0 Å². The zero-order valence-electron chi connectivity index (χ0n) is 70.7. The first-order valence-corrected chi connectivity index (χ1v) is 44.2. The smallest absolute Gasteiger partial charge is 0.0722 e. The molecule has 0 spiro atoms. The van der Waals surface area contributed by atoms with Gasteiger partial charge in [-0.1, -0.05) is 340 Å². The van der Waals surface area contributed by atoms with Gasteiger partial charge in [-0.25, -0.2) is 15.0 Å². The number of hydrogen-bond acceptors (Lipinski definition) is 6. The van der Waals surface area contributed by atoms with Gasteiger partial charge in [0.15, 0.2) is 0 Å². The van der Waals surface area contributed by atoms with E-state index >= 15 is 0 Å². The van der Waals surface area contributed by atoms with Gasteiger partial charge < -0.3 is 0 Å². The van der Waals surface area contributed by atoms with Gasteiger partial charge in [-0.05, 0) is 283 Å². The van der Waals surface area contributed by atoms with Crippen LogP contribution in [0.1, 0.15) is 0 Å². The first-order chi connectivity index (χ1) is 64.5. The molecule has 26 rings (SSSR count). The fourth-order valence-corrected chi connectivity index (χ4v) is 20.0. The van der Waals surface area contributed by atoms with E-state index in [1.807, 2.05) is 60.9 Å². The van der Waals surface area contributed by atoms with E-state index in [9.17, 15) is 0 Å². The van der Waals surface area contributed by atoms with E-state index in [4.69, 9.17) is 15.0 Å². The summed E-state index contributed by atoms with van der Waals surface area (Å²) in [5.41, 5.74) is 29.9. The molecule has 0 aliphatic heterocycles. The van der Waals surface area contributed by atoms with Gasteiger partial charge in [0.25, 0.3) is 0 Å². The van der Waals surface area contributed by atoms with E-state index in [2.05, 4.69) is 403 Å². The quantitative estimate of drug-likeness (QED) is 0.0949. The second-order valence-electron chi connectivity index (χ2n) is 33.4. The predicted octanol–water partition coefficient (Wildman–Crippen LogP) is 32.9. The van der Waals surface area contributed by atoms with E-state index < -0.39 is 0 Å². The summed E-state index contributed by atoms with van der Waals surface area (Å²) in [6.45, 7) is 0. The lowest BCUT2D eigenvalue weighted by Crippen LogP contribution is -1.94. The highest BCUT2D eigenvalue weighted by Gasteiger charge is 2.27. The Morgan fingerprint density at radius 1 is 0.123 bits per heavy atom. The van der Waals surface area contributed by atoms with E-state index in [0.717, 1.165) is 62.0 Å². The summed E-state index contributed by atoms with van der Waals surface area (Å²) in [5.74, 6) is 0. The van der Waals surface area contributed by atoms with Crippen molar-refractivity contribution in [1.82, 2.24) is 29.9 Å². The van der Waals surface area contributed by atoms with Crippen LogP contribution in [-0.4, -0.2) is 29.9 Å². The Morgan fingerprint density at radius 3 is 0.969 bits per heavy atom. The molecule has 0 saturated heterocycles. The van der Waals surface area contributed by atoms with Crippen LogP contribution in [0.25, 0.3) is 253 Å². The molecule has 0 saturated carbocycles. The molecule has 0 unspecified atom stereocenters. The van der Waals surface area contributed by atoms with Crippen LogP contribution in [0.4, 0.5) is 0 Å². The lowest BCUT2D eigenvalue weighted by Gasteiger charge is -2.19. The Morgan fingerprint density at radius 2 is 0.446 bits per heavy atom. The van der Waals surface area contributed by atoms with E-state index in [-0.39, 0.29) is 0 Å². The van der Waals surface area contributed by atoms with Crippen LogP contribution in [0.3, 0.4) is 0 Å². The molecule has 0 amide bonds. The number of rotatable bonds is 11. The molecule has 604 valence electrons. The summed E-state index contributed by atoms with van der Waals surface area (Å²) in [4.78, 5) is 27.6. The van der Waals surface area contributed by atoms with Crippen molar-refractivity contribution in [3.8, 4) is 145 Å². The monoisotopic (exact) mass is 1650 g/mol. The molecular formula is C124H78N6. The third-order valence-electron chi connectivity index (χ3n) is 26.1. The van der Waals surface area contributed by atoms with Gasteiger partial charge in [0.2, 0.25) is 0 Å². The maximum absolute atomic E-state index is 5.19. The summed E-state index contributed by atoms with van der Waals surface area (Å²) >= 11 is 0. The van der Waals surface area contributed by atoms with E-state index in [0.29, 0.717) is 0 Å². The number of hydrogen-bond donors (Lipinski definition) is 0. The molecule has 6 nitrogen and oxygen atoms in total. The largest absolute Gasteiger partial charge is 0.265 e. The highest BCUT2D eigenvalue weighted by molar-refractivity contribution is 6.28. The molecule has 6 heteroatoms. The van der Waals surface area contributed by atoms with Crippen molar-refractivity contribution in [2.45, 2.75) is 0 Å². The fourth-order valence-electron chi connectivity index (χ4n) is 20.0. The fraction of sp³-hybridized carbons (Fsp3) is 0. The first-order valence-electron chi connectivity index (χ1n) is 44.2. The number of benzene rings is 19. The minimum absolute atomic E-state index is 0.939. The molecule has 0 radical (unpaired) electrons. The Kier molecular flexibility index (Phi) is 19.2. The third-order valence-corrected chi connectivity index (χ3v) is 26.1. The topological polar surface area (TPSA) is 77.3 Å². The predicted molar refractivity (Wildman–Crippen MR) is 545 cm³/mol. The van der Waals surface area contributed by atoms with Gasteiger partial charge in [-0.2, -0.15) is 0 Å². The maximum Gasteiger partial charge on any atom is 0.0722 e. The van der Waals surface area contributed by atoms with E-state index in [1.165, 1.54) is 191 Å². The van der Waals surface area contributed by atoms with Gasteiger partial charge in [0, 0.05) is 70.6 Å².